The van der Waals surface area contributed by atoms with Crippen LogP contribution in [0, 0.1) is 17.5 Å². The quantitative estimate of drug-likeness (QED) is 0.646. The first-order chi connectivity index (χ1) is 10.3. The fourth-order valence-electron chi connectivity index (χ4n) is 1.62. The maximum absolute atomic E-state index is 14.2. The zero-order valence-corrected chi connectivity index (χ0v) is 12.6. The van der Waals surface area contributed by atoms with Gasteiger partial charge in [-0.1, -0.05) is 6.58 Å². The van der Waals surface area contributed by atoms with Gasteiger partial charge >= 0.3 is 6.18 Å². The fraction of sp³-hybridized carbons (Fsp3) is 0.333. The van der Waals surface area contributed by atoms with Crippen molar-refractivity contribution in [2.75, 3.05) is 13.7 Å². The third-order valence-electron chi connectivity index (χ3n) is 2.58. The Bertz CT molecular complexity index is 742. The smallest absolute Gasteiger partial charge is 0.422 e. The number of ether oxygens (including phenoxy) is 1. The molecule has 130 valence electrons. The topological polar surface area (TPSA) is 55.4 Å². The minimum absolute atomic E-state index is 0.371. The van der Waals surface area contributed by atoms with Crippen molar-refractivity contribution in [1.29, 1.82) is 0 Å². The van der Waals surface area contributed by atoms with Crippen molar-refractivity contribution in [2.24, 2.45) is 0 Å². The van der Waals surface area contributed by atoms with E-state index < -0.39 is 56.5 Å². The highest BCUT2D eigenvalue weighted by Crippen LogP contribution is 2.37. The molecular weight excluding hydrogens is 352 g/mol. The van der Waals surface area contributed by atoms with Gasteiger partial charge in [0, 0.05) is 0 Å². The van der Waals surface area contributed by atoms with Crippen LogP contribution in [-0.4, -0.2) is 28.2 Å². The molecule has 0 aliphatic carbocycles. The van der Waals surface area contributed by atoms with Crippen molar-refractivity contribution in [1.82, 2.24) is 4.72 Å². The van der Waals surface area contributed by atoms with E-state index in [1.54, 1.807) is 4.72 Å². The van der Waals surface area contributed by atoms with Gasteiger partial charge in [-0.2, -0.15) is 13.2 Å². The first-order valence-electron chi connectivity index (χ1n) is 5.83. The number of sulfonamides is 1. The number of halogens is 6. The molecule has 1 N–H and O–H groups in total. The Hall–Kier alpha value is -1.75. The van der Waals surface area contributed by atoms with E-state index >= 15 is 0 Å². The van der Waals surface area contributed by atoms with Crippen LogP contribution in [0.25, 0.3) is 5.57 Å². The molecule has 1 aromatic rings. The van der Waals surface area contributed by atoms with E-state index in [0.717, 1.165) is 14.0 Å². The van der Waals surface area contributed by atoms with Gasteiger partial charge in [0.2, 0.25) is 10.0 Å². The monoisotopic (exact) mass is 363 g/mol. The third kappa shape index (κ3) is 3.96. The molecule has 0 saturated carbocycles. The molecule has 0 bridgehead atoms. The van der Waals surface area contributed by atoms with Crippen molar-refractivity contribution in [3.05, 3.63) is 29.6 Å². The second kappa shape index (κ2) is 6.40. The molecule has 0 aromatic heterocycles. The van der Waals surface area contributed by atoms with Crippen molar-refractivity contribution in [3.63, 3.8) is 0 Å². The molecule has 0 aliphatic rings. The average molecular weight is 363 g/mol. The van der Waals surface area contributed by atoms with Crippen LogP contribution in [0.15, 0.2) is 11.5 Å². The zero-order valence-electron chi connectivity index (χ0n) is 11.8. The van der Waals surface area contributed by atoms with Crippen LogP contribution in [0.1, 0.15) is 12.5 Å². The van der Waals surface area contributed by atoms with Gasteiger partial charge in [0.1, 0.15) is 0 Å². The fourth-order valence-corrected chi connectivity index (χ4v) is 2.54. The summed E-state index contributed by atoms with van der Waals surface area (Å²) in [5, 5.41) is 0. The molecule has 1 rings (SSSR count). The van der Waals surface area contributed by atoms with Crippen LogP contribution in [0.4, 0.5) is 26.3 Å². The van der Waals surface area contributed by atoms with Crippen LogP contribution in [0.2, 0.25) is 0 Å². The normalized spacial score (nSPS) is 12.3. The predicted molar refractivity (Wildman–Crippen MR) is 68.8 cm³/mol. The molecule has 0 atom stereocenters. The molecule has 0 unspecified atom stereocenters. The lowest BCUT2D eigenvalue weighted by Gasteiger charge is -2.17. The van der Waals surface area contributed by atoms with Crippen molar-refractivity contribution >= 4 is 15.6 Å². The molecule has 0 heterocycles. The number of allylic oxidation sites excluding steroid dienone is 1. The Morgan fingerprint density at radius 3 is 2.09 bits per heavy atom. The number of benzene rings is 1. The van der Waals surface area contributed by atoms with Gasteiger partial charge in [-0.3, -0.25) is 0 Å². The number of rotatable bonds is 5. The molecule has 0 spiro atoms. The van der Waals surface area contributed by atoms with Gasteiger partial charge in [-0.15, -0.1) is 0 Å². The lowest BCUT2D eigenvalue weighted by atomic mass is 10.1. The van der Waals surface area contributed by atoms with Crippen LogP contribution < -0.4 is 9.46 Å². The molecule has 0 radical (unpaired) electrons. The van der Waals surface area contributed by atoms with Crippen molar-refractivity contribution in [3.8, 4) is 5.75 Å². The van der Waals surface area contributed by atoms with E-state index in [1.807, 2.05) is 0 Å². The summed E-state index contributed by atoms with van der Waals surface area (Å²) in [7, 11) is -4.06. The SMILES string of the molecule is C=C(C)c1c(F)c(F)c(S(=O)(=O)NC)c(OCC(F)(F)F)c1F. The van der Waals surface area contributed by atoms with E-state index in [2.05, 4.69) is 11.3 Å². The summed E-state index contributed by atoms with van der Waals surface area (Å²) >= 11 is 0. The molecule has 11 heteroatoms. The van der Waals surface area contributed by atoms with Crippen LogP contribution in [0.5, 0.6) is 5.75 Å². The van der Waals surface area contributed by atoms with Gasteiger partial charge in [-0.05, 0) is 19.5 Å². The van der Waals surface area contributed by atoms with Crippen LogP contribution in [-0.2, 0) is 10.0 Å². The second-order valence-corrected chi connectivity index (χ2v) is 6.19. The third-order valence-corrected chi connectivity index (χ3v) is 4.02. The van der Waals surface area contributed by atoms with E-state index in [9.17, 15) is 34.8 Å². The Morgan fingerprint density at radius 1 is 1.17 bits per heavy atom. The van der Waals surface area contributed by atoms with Crippen molar-refractivity contribution < 1.29 is 39.5 Å². The predicted octanol–water partition coefficient (Wildman–Crippen LogP) is 2.99. The molecule has 23 heavy (non-hydrogen) atoms. The van der Waals surface area contributed by atoms with E-state index in [1.165, 1.54) is 0 Å². The highest BCUT2D eigenvalue weighted by atomic mass is 32.2. The maximum Gasteiger partial charge on any atom is 0.422 e. The summed E-state index contributed by atoms with van der Waals surface area (Å²) in [4.78, 5) is -1.69. The Balaban J connectivity index is 3.77. The van der Waals surface area contributed by atoms with E-state index in [-0.39, 0.29) is 5.57 Å². The van der Waals surface area contributed by atoms with Crippen LogP contribution >= 0.6 is 0 Å². The number of hydrogen-bond donors (Lipinski definition) is 1. The summed E-state index contributed by atoms with van der Waals surface area (Å²) < 4.78 is 108. The lowest BCUT2D eigenvalue weighted by molar-refractivity contribution is -0.154. The largest absolute Gasteiger partial charge is 0.479 e. The minimum atomic E-state index is -4.96. The summed E-state index contributed by atoms with van der Waals surface area (Å²) in [6, 6.07) is 0. The van der Waals surface area contributed by atoms with Crippen molar-refractivity contribution in [2.45, 2.75) is 18.0 Å². The molecule has 4 nitrogen and oxygen atoms in total. The minimum Gasteiger partial charge on any atom is -0.479 e. The highest BCUT2D eigenvalue weighted by molar-refractivity contribution is 7.89. The first kappa shape index (κ1) is 19.3. The molecular formula is C12H11F6NO3S. The molecule has 0 aliphatic heterocycles. The first-order valence-corrected chi connectivity index (χ1v) is 7.31. The molecule has 0 saturated heterocycles. The number of alkyl halides is 3. The zero-order chi connectivity index (χ0) is 18.2. The summed E-state index contributed by atoms with van der Waals surface area (Å²) in [5.74, 6) is -7.35. The molecule has 1 aromatic carbocycles. The van der Waals surface area contributed by atoms with Gasteiger partial charge in [0.25, 0.3) is 0 Å². The van der Waals surface area contributed by atoms with Gasteiger partial charge < -0.3 is 4.74 Å². The molecule has 0 fully saturated rings. The summed E-state index contributed by atoms with van der Waals surface area (Å²) in [5.41, 5.74) is -1.47. The number of hydrogen-bond acceptors (Lipinski definition) is 3. The van der Waals surface area contributed by atoms with E-state index in [4.69, 9.17) is 0 Å². The Morgan fingerprint density at radius 2 is 1.70 bits per heavy atom. The highest BCUT2D eigenvalue weighted by Gasteiger charge is 2.36. The lowest BCUT2D eigenvalue weighted by Crippen LogP contribution is -2.25. The second-order valence-electron chi connectivity index (χ2n) is 4.37. The Labute approximate surface area is 127 Å². The Kier molecular flexibility index (Phi) is 5.37. The molecule has 0 amide bonds. The van der Waals surface area contributed by atoms with Crippen LogP contribution in [0.3, 0.4) is 0 Å². The summed E-state index contributed by atoms with van der Waals surface area (Å²) in [6.07, 6.45) is -4.96. The average Bonchev–Trinajstić information content (AvgIpc) is 2.39. The van der Waals surface area contributed by atoms with Gasteiger partial charge in [-0.25, -0.2) is 26.3 Å². The maximum atomic E-state index is 14.2. The van der Waals surface area contributed by atoms with Gasteiger partial charge in [0.05, 0.1) is 5.56 Å². The van der Waals surface area contributed by atoms with E-state index in [0.29, 0.717) is 0 Å². The standard InChI is InChI=1S/C12H11F6NO3S/c1-5(2)6-7(13)9(15)11(23(20,21)19-3)10(8(6)14)22-4-12(16,17)18/h19H,1,4H2,2-3H3. The summed E-state index contributed by atoms with van der Waals surface area (Å²) in [6.45, 7) is 2.12. The van der Waals surface area contributed by atoms with Gasteiger partial charge in [0.15, 0.2) is 34.7 Å². The number of nitrogens with one attached hydrogen (secondary N) is 1.